The van der Waals surface area contributed by atoms with Crippen LogP contribution in [-0.2, 0) is 11.3 Å². The van der Waals surface area contributed by atoms with Crippen LogP contribution in [0.2, 0.25) is 0 Å². The van der Waals surface area contributed by atoms with Crippen molar-refractivity contribution in [1.29, 1.82) is 0 Å². The van der Waals surface area contributed by atoms with Crippen LogP contribution in [0.5, 0.6) is 11.5 Å². The Labute approximate surface area is 113 Å². The molecular weight excluding hydrogens is 244 g/mol. The van der Waals surface area contributed by atoms with Gasteiger partial charge in [-0.15, -0.1) is 0 Å². The lowest BCUT2D eigenvalue weighted by Crippen LogP contribution is -2.50. The standard InChI is InChI=1S/C14H20N2O3/c1-4-16(13(17)14(2,3)15)8-10-5-6-11-12(7-10)19-9-18-11/h5-7H,4,8-9,15H2,1-3H3. The monoisotopic (exact) mass is 264 g/mol. The van der Waals surface area contributed by atoms with Crippen molar-refractivity contribution in [2.75, 3.05) is 13.3 Å². The van der Waals surface area contributed by atoms with Crippen molar-refractivity contribution >= 4 is 5.91 Å². The highest BCUT2D eigenvalue weighted by molar-refractivity contribution is 5.85. The Bertz CT molecular complexity index is 480. The molecule has 0 spiro atoms. The molecule has 1 heterocycles. The first-order valence-electron chi connectivity index (χ1n) is 6.38. The first kappa shape index (κ1) is 13.7. The van der Waals surface area contributed by atoms with E-state index in [1.54, 1.807) is 18.7 Å². The Balaban J connectivity index is 2.13. The molecule has 5 heteroatoms. The van der Waals surface area contributed by atoms with Crippen LogP contribution >= 0.6 is 0 Å². The number of fused-ring (bicyclic) bond motifs is 1. The first-order chi connectivity index (χ1) is 8.91. The van der Waals surface area contributed by atoms with Crippen molar-refractivity contribution in [3.8, 4) is 11.5 Å². The number of ether oxygens (including phenoxy) is 2. The van der Waals surface area contributed by atoms with E-state index in [1.807, 2.05) is 25.1 Å². The summed E-state index contributed by atoms with van der Waals surface area (Å²) in [5, 5.41) is 0. The average molecular weight is 264 g/mol. The number of benzene rings is 1. The zero-order valence-electron chi connectivity index (χ0n) is 11.6. The predicted octanol–water partition coefficient (Wildman–Crippen LogP) is 1.50. The molecular formula is C14H20N2O3. The Kier molecular flexibility index (Phi) is 3.66. The summed E-state index contributed by atoms with van der Waals surface area (Å²) in [6, 6.07) is 5.71. The number of hydrogen-bond acceptors (Lipinski definition) is 4. The molecule has 5 nitrogen and oxygen atoms in total. The van der Waals surface area contributed by atoms with E-state index in [0.717, 1.165) is 17.1 Å². The quantitative estimate of drug-likeness (QED) is 0.895. The summed E-state index contributed by atoms with van der Waals surface area (Å²) in [7, 11) is 0. The second-order valence-electron chi connectivity index (χ2n) is 5.23. The van der Waals surface area contributed by atoms with Crippen molar-refractivity contribution in [3.63, 3.8) is 0 Å². The highest BCUT2D eigenvalue weighted by Gasteiger charge is 2.27. The second-order valence-corrected chi connectivity index (χ2v) is 5.23. The van der Waals surface area contributed by atoms with Crippen LogP contribution in [0.1, 0.15) is 26.3 Å². The molecule has 0 saturated heterocycles. The summed E-state index contributed by atoms with van der Waals surface area (Å²) in [6.45, 7) is 6.78. The van der Waals surface area contributed by atoms with Crippen molar-refractivity contribution in [2.24, 2.45) is 5.73 Å². The predicted molar refractivity (Wildman–Crippen MR) is 71.9 cm³/mol. The largest absolute Gasteiger partial charge is 0.454 e. The van der Waals surface area contributed by atoms with Crippen LogP contribution in [0, 0.1) is 0 Å². The molecule has 1 aliphatic rings. The molecule has 1 amide bonds. The maximum absolute atomic E-state index is 12.2. The van der Waals surface area contributed by atoms with Gasteiger partial charge in [-0.2, -0.15) is 0 Å². The highest BCUT2D eigenvalue weighted by atomic mass is 16.7. The topological polar surface area (TPSA) is 64.8 Å². The Hall–Kier alpha value is -1.75. The molecule has 2 N–H and O–H groups in total. The molecule has 1 aliphatic heterocycles. The van der Waals surface area contributed by atoms with Crippen LogP contribution < -0.4 is 15.2 Å². The van der Waals surface area contributed by atoms with E-state index in [1.165, 1.54) is 0 Å². The van der Waals surface area contributed by atoms with Crippen molar-refractivity contribution in [2.45, 2.75) is 32.9 Å². The summed E-state index contributed by atoms with van der Waals surface area (Å²) >= 11 is 0. The number of hydrogen-bond donors (Lipinski definition) is 1. The van der Waals surface area contributed by atoms with Gasteiger partial charge in [0.15, 0.2) is 11.5 Å². The van der Waals surface area contributed by atoms with Gasteiger partial charge in [0, 0.05) is 13.1 Å². The van der Waals surface area contributed by atoms with Gasteiger partial charge in [0.05, 0.1) is 5.54 Å². The van der Waals surface area contributed by atoms with Crippen LogP contribution in [0.4, 0.5) is 0 Å². The maximum Gasteiger partial charge on any atom is 0.242 e. The van der Waals surface area contributed by atoms with Crippen molar-refractivity contribution in [3.05, 3.63) is 23.8 Å². The van der Waals surface area contributed by atoms with Crippen LogP contribution in [0.15, 0.2) is 18.2 Å². The third kappa shape index (κ3) is 2.98. The number of rotatable bonds is 4. The second kappa shape index (κ2) is 5.09. The summed E-state index contributed by atoms with van der Waals surface area (Å²) in [4.78, 5) is 13.9. The maximum atomic E-state index is 12.2. The lowest BCUT2D eigenvalue weighted by atomic mass is 10.0. The molecule has 104 valence electrons. The van der Waals surface area contributed by atoms with Gasteiger partial charge in [0.2, 0.25) is 12.7 Å². The van der Waals surface area contributed by atoms with Gasteiger partial charge in [-0.25, -0.2) is 0 Å². The third-order valence-corrected chi connectivity index (χ3v) is 3.03. The molecule has 19 heavy (non-hydrogen) atoms. The van der Waals surface area contributed by atoms with E-state index < -0.39 is 5.54 Å². The van der Waals surface area contributed by atoms with E-state index in [0.29, 0.717) is 13.1 Å². The molecule has 0 atom stereocenters. The molecule has 0 fully saturated rings. The molecule has 0 radical (unpaired) electrons. The van der Waals surface area contributed by atoms with Gasteiger partial charge in [-0.1, -0.05) is 6.07 Å². The number of amides is 1. The fourth-order valence-corrected chi connectivity index (χ4v) is 1.99. The van der Waals surface area contributed by atoms with Gasteiger partial charge in [0.25, 0.3) is 0 Å². The normalized spacial score (nSPS) is 13.5. The summed E-state index contributed by atoms with van der Waals surface area (Å²) in [6.07, 6.45) is 0. The number of nitrogens with two attached hydrogens (primary N) is 1. The number of carbonyl (C=O) groups excluding carboxylic acids is 1. The van der Waals surface area contributed by atoms with Gasteiger partial charge < -0.3 is 20.1 Å². The molecule has 0 saturated carbocycles. The molecule has 0 bridgehead atoms. The SMILES string of the molecule is CCN(Cc1ccc2c(c1)OCO2)C(=O)C(C)(C)N. The molecule has 1 aromatic carbocycles. The summed E-state index contributed by atoms with van der Waals surface area (Å²) < 4.78 is 10.6. The highest BCUT2D eigenvalue weighted by Crippen LogP contribution is 2.32. The van der Waals surface area contributed by atoms with Gasteiger partial charge in [-0.3, -0.25) is 4.79 Å². The zero-order chi connectivity index (χ0) is 14.0. The summed E-state index contributed by atoms with van der Waals surface area (Å²) in [5.41, 5.74) is 6.01. The molecule has 1 aromatic rings. The Morgan fingerprint density at radius 3 is 2.68 bits per heavy atom. The van der Waals surface area contributed by atoms with Gasteiger partial charge in [-0.05, 0) is 38.5 Å². The lowest BCUT2D eigenvalue weighted by Gasteiger charge is -2.28. The van der Waals surface area contributed by atoms with Gasteiger partial charge in [0.1, 0.15) is 0 Å². The zero-order valence-corrected chi connectivity index (χ0v) is 11.6. The van der Waals surface area contributed by atoms with E-state index >= 15 is 0 Å². The number of likely N-dealkylation sites (N-methyl/N-ethyl adjacent to an activating group) is 1. The fourth-order valence-electron chi connectivity index (χ4n) is 1.99. The molecule has 0 unspecified atom stereocenters. The van der Waals surface area contributed by atoms with E-state index in [4.69, 9.17) is 15.2 Å². The Morgan fingerprint density at radius 2 is 2.05 bits per heavy atom. The van der Waals surface area contributed by atoms with E-state index in [2.05, 4.69) is 0 Å². The molecule has 0 aliphatic carbocycles. The molecule has 2 rings (SSSR count). The minimum atomic E-state index is -0.855. The average Bonchev–Trinajstić information content (AvgIpc) is 2.81. The van der Waals surface area contributed by atoms with Crippen molar-refractivity contribution in [1.82, 2.24) is 4.90 Å². The van der Waals surface area contributed by atoms with Gasteiger partial charge >= 0.3 is 0 Å². The minimum Gasteiger partial charge on any atom is -0.454 e. The smallest absolute Gasteiger partial charge is 0.242 e. The number of carbonyl (C=O) groups is 1. The van der Waals surface area contributed by atoms with Crippen LogP contribution in [0.25, 0.3) is 0 Å². The third-order valence-electron chi connectivity index (χ3n) is 3.03. The first-order valence-corrected chi connectivity index (χ1v) is 6.38. The van der Waals surface area contributed by atoms with Crippen LogP contribution in [-0.4, -0.2) is 29.7 Å². The summed E-state index contributed by atoms with van der Waals surface area (Å²) in [5.74, 6) is 1.41. The molecule has 0 aromatic heterocycles. The number of nitrogens with zero attached hydrogens (tertiary/aromatic N) is 1. The van der Waals surface area contributed by atoms with E-state index in [-0.39, 0.29) is 12.7 Å². The fraction of sp³-hybridized carbons (Fsp3) is 0.500. The lowest BCUT2D eigenvalue weighted by molar-refractivity contribution is -0.136. The Morgan fingerprint density at radius 1 is 1.37 bits per heavy atom. The minimum absolute atomic E-state index is 0.0623. The van der Waals surface area contributed by atoms with Crippen LogP contribution in [0.3, 0.4) is 0 Å². The van der Waals surface area contributed by atoms with Crippen molar-refractivity contribution < 1.29 is 14.3 Å². The van der Waals surface area contributed by atoms with E-state index in [9.17, 15) is 4.79 Å².